The van der Waals surface area contributed by atoms with Crippen molar-refractivity contribution in [1.82, 2.24) is 19.1 Å². The third-order valence-corrected chi connectivity index (χ3v) is 5.11. The van der Waals surface area contributed by atoms with Crippen molar-refractivity contribution in [3.05, 3.63) is 72.7 Å². The molecule has 0 fully saturated rings. The molecule has 0 radical (unpaired) electrons. The van der Waals surface area contributed by atoms with Crippen LogP contribution in [0.25, 0.3) is 39.3 Å². The van der Waals surface area contributed by atoms with Crippen molar-refractivity contribution in [2.45, 2.75) is 6.54 Å². The molecule has 0 atom stereocenters. The second-order valence-electron chi connectivity index (χ2n) is 6.50. The summed E-state index contributed by atoms with van der Waals surface area (Å²) < 4.78 is 30.3. The Hall–Kier alpha value is -3.47. The normalized spacial score (nSPS) is 14.8. The zero-order valence-electron chi connectivity index (χ0n) is 16.8. The molecule has 0 amide bonds. The van der Waals surface area contributed by atoms with E-state index >= 15 is 0 Å². The van der Waals surface area contributed by atoms with Gasteiger partial charge in [0.15, 0.2) is 0 Å². The molecular weight excluding hydrogens is 322 g/mol. The van der Waals surface area contributed by atoms with E-state index in [0.717, 1.165) is 33.5 Å². The highest BCUT2D eigenvalue weighted by molar-refractivity contribution is 6.02. The van der Waals surface area contributed by atoms with Crippen LogP contribution < -0.4 is 4.57 Å². The van der Waals surface area contributed by atoms with Crippen LogP contribution in [-0.4, -0.2) is 19.1 Å². The molecule has 6 rings (SSSR count). The van der Waals surface area contributed by atoms with Crippen LogP contribution in [0, 0.1) is 0 Å². The average molecular weight is 341 g/mol. The molecule has 1 aliphatic rings. The number of aromatic nitrogens is 5. The first kappa shape index (κ1) is 11.2. The number of fused-ring (bicyclic) bond motifs is 7. The van der Waals surface area contributed by atoms with Gasteiger partial charge in [-0.1, -0.05) is 18.2 Å². The highest BCUT2D eigenvalue weighted by Crippen LogP contribution is 2.36. The van der Waals surface area contributed by atoms with Crippen molar-refractivity contribution < 1.29 is 8.68 Å². The molecule has 0 unspecified atom stereocenters. The van der Waals surface area contributed by atoms with Crippen LogP contribution in [0.1, 0.15) is 9.68 Å². The van der Waals surface area contributed by atoms with Crippen LogP contribution in [-0.2, 0) is 13.5 Å². The molecule has 26 heavy (non-hydrogen) atoms. The Morgan fingerprint density at radius 3 is 2.88 bits per heavy atom. The SMILES string of the molecule is [2H]C([2H])([2H])n1c2ncccc2c2c1n(-c1ccccc1)c1[n+]2Cc2cnccc2-1. The molecule has 1 aromatic carbocycles. The van der Waals surface area contributed by atoms with Crippen LogP contribution in [0.15, 0.2) is 67.1 Å². The van der Waals surface area contributed by atoms with E-state index in [9.17, 15) is 0 Å². The van der Waals surface area contributed by atoms with E-state index in [-0.39, 0.29) is 0 Å². The lowest BCUT2D eigenvalue weighted by molar-refractivity contribution is -0.645. The molecule has 124 valence electrons. The number of aryl methyl sites for hydroxylation is 1. The molecule has 0 spiro atoms. The van der Waals surface area contributed by atoms with Gasteiger partial charge in [0.25, 0.3) is 11.5 Å². The van der Waals surface area contributed by atoms with Crippen molar-refractivity contribution in [1.29, 1.82) is 0 Å². The van der Waals surface area contributed by atoms with Crippen molar-refractivity contribution in [2.75, 3.05) is 0 Å². The number of imidazole rings is 1. The van der Waals surface area contributed by atoms with Crippen molar-refractivity contribution >= 4 is 22.2 Å². The van der Waals surface area contributed by atoms with Crippen molar-refractivity contribution in [3.63, 3.8) is 0 Å². The van der Waals surface area contributed by atoms with Crippen molar-refractivity contribution in [2.24, 2.45) is 6.98 Å². The Bertz CT molecular complexity index is 1410. The lowest BCUT2D eigenvalue weighted by Gasteiger charge is -2.03. The van der Waals surface area contributed by atoms with Crippen LogP contribution in [0.5, 0.6) is 0 Å². The Kier molecular flexibility index (Phi) is 2.06. The monoisotopic (exact) mass is 341 g/mol. The number of benzene rings is 1. The van der Waals surface area contributed by atoms with E-state index in [0.29, 0.717) is 17.8 Å². The molecule has 0 N–H and O–H groups in total. The van der Waals surface area contributed by atoms with Crippen LogP contribution in [0.3, 0.4) is 0 Å². The average Bonchev–Trinajstić information content (AvgIpc) is 3.34. The smallest absolute Gasteiger partial charge is 0.292 e. The predicted octanol–water partition coefficient (Wildman–Crippen LogP) is 3.23. The summed E-state index contributed by atoms with van der Waals surface area (Å²) in [4.78, 5) is 8.71. The quantitative estimate of drug-likeness (QED) is 0.431. The zero-order chi connectivity index (χ0) is 19.8. The second-order valence-corrected chi connectivity index (χ2v) is 6.50. The van der Waals surface area contributed by atoms with Gasteiger partial charge < -0.3 is 0 Å². The van der Waals surface area contributed by atoms with Gasteiger partial charge in [-0.25, -0.2) is 9.55 Å². The summed E-state index contributed by atoms with van der Waals surface area (Å²) in [6, 6.07) is 15.6. The fourth-order valence-corrected chi connectivity index (χ4v) is 4.07. The first-order valence-corrected chi connectivity index (χ1v) is 8.48. The summed E-state index contributed by atoms with van der Waals surface area (Å²) in [6.45, 7) is -1.72. The maximum Gasteiger partial charge on any atom is 0.297 e. The summed E-state index contributed by atoms with van der Waals surface area (Å²) >= 11 is 0. The number of para-hydroxylation sites is 1. The lowest BCUT2D eigenvalue weighted by atomic mass is 10.1. The number of pyridine rings is 2. The molecule has 4 aromatic heterocycles. The minimum absolute atomic E-state index is 0.464. The first-order valence-electron chi connectivity index (χ1n) is 9.98. The van der Waals surface area contributed by atoms with Gasteiger partial charge in [-0.15, -0.1) is 0 Å². The predicted molar refractivity (Wildman–Crippen MR) is 100 cm³/mol. The Morgan fingerprint density at radius 2 is 2.00 bits per heavy atom. The van der Waals surface area contributed by atoms with Crippen LogP contribution in [0.2, 0.25) is 0 Å². The molecular formula is C21H16N5+. The van der Waals surface area contributed by atoms with Gasteiger partial charge in [0.05, 0.1) is 10.9 Å². The molecule has 1 aliphatic heterocycles. The van der Waals surface area contributed by atoms with Gasteiger partial charge in [0.2, 0.25) is 5.52 Å². The second kappa shape index (κ2) is 4.79. The number of hydrogen-bond acceptors (Lipinski definition) is 2. The summed E-state index contributed by atoms with van der Waals surface area (Å²) in [6.07, 6.45) is 5.30. The molecule has 0 aliphatic carbocycles. The molecule has 0 saturated carbocycles. The number of hydrogen-bond donors (Lipinski definition) is 0. The Morgan fingerprint density at radius 1 is 1.08 bits per heavy atom. The maximum atomic E-state index is 8.24. The largest absolute Gasteiger partial charge is 0.297 e. The van der Waals surface area contributed by atoms with Crippen LogP contribution >= 0.6 is 0 Å². The first-order chi connectivity index (χ1) is 14.1. The highest BCUT2D eigenvalue weighted by Gasteiger charge is 2.38. The third-order valence-electron chi connectivity index (χ3n) is 5.11. The van der Waals surface area contributed by atoms with E-state index in [2.05, 4.69) is 14.5 Å². The van der Waals surface area contributed by atoms with Gasteiger partial charge >= 0.3 is 0 Å². The number of nitrogens with zero attached hydrogens (tertiary/aromatic N) is 5. The Labute approximate surface area is 154 Å². The Balaban J connectivity index is 1.89. The van der Waals surface area contributed by atoms with E-state index < -0.39 is 6.98 Å². The summed E-state index contributed by atoms with van der Waals surface area (Å²) in [5.74, 6) is 0.961. The van der Waals surface area contributed by atoms with E-state index in [1.807, 2.05) is 59.3 Å². The van der Waals surface area contributed by atoms with Gasteiger partial charge in [-0.2, -0.15) is 4.57 Å². The fourth-order valence-electron chi connectivity index (χ4n) is 4.07. The summed E-state index contributed by atoms with van der Waals surface area (Å²) in [7, 11) is 0. The van der Waals surface area contributed by atoms with Crippen molar-refractivity contribution in [3.8, 4) is 17.1 Å². The van der Waals surface area contributed by atoms with Crippen LogP contribution in [0.4, 0.5) is 0 Å². The maximum absolute atomic E-state index is 8.24. The summed E-state index contributed by atoms with van der Waals surface area (Å²) in [5, 5.41) is 0.829. The molecule has 5 aromatic rings. The minimum Gasteiger partial charge on any atom is -0.292 e. The molecule has 5 heterocycles. The van der Waals surface area contributed by atoms with Gasteiger partial charge in [0, 0.05) is 35.2 Å². The van der Waals surface area contributed by atoms with E-state index in [4.69, 9.17) is 4.11 Å². The minimum atomic E-state index is -2.37. The standard InChI is InChI=1S/C21H16N5/c1-24-19-17(8-5-10-23-19)18-21(24)26(15-6-3-2-4-7-15)20-16-9-11-22-12-14(16)13-25(18)20/h2-12H,13H2,1H3/q+1/i1D3. The van der Waals surface area contributed by atoms with E-state index in [1.165, 1.54) is 4.57 Å². The third kappa shape index (κ3) is 1.57. The highest BCUT2D eigenvalue weighted by atomic mass is 15.3. The number of rotatable bonds is 1. The lowest BCUT2D eigenvalue weighted by Crippen LogP contribution is -2.31. The van der Waals surface area contributed by atoms with Gasteiger partial charge in [-0.3, -0.25) is 9.55 Å². The van der Waals surface area contributed by atoms with Gasteiger partial charge in [-0.05, 0) is 30.3 Å². The van der Waals surface area contributed by atoms with E-state index in [1.54, 1.807) is 12.4 Å². The molecule has 0 saturated heterocycles. The zero-order valence-corrected chi connectivity index (χ0v) is 13.8. The molecule has 5 nitrogen and oxygen atoms in total. The fraction of sp³-hybridized carbons (Fsp3) is 0.0952. The molecule has 5 heteroatoms. The summed E-state index contributed by atoms with van der Waals surface area (Å²) in [5.41, 5.74) is 5.05. The molecule has 0 bridgehead atoms. The topological polar surface area (TPSA) is 39.5 Å². The van der Waals surface area contributed by atoms with Gasteiger partial charge in [0.1, 0.15) is 17.9 Å².